The van der Waals surface area contributed by atoms with Crippen LogP contribution in [0.5, 0.6) is 0 Å². The van der Waals surface area contributed by atoms with Gasteiger partial charge in [0.05, 0.1) is 11.4 Å². The maximum absolute atomic E-state index is 12.1. The van der Waals surface area contributed by atoms with Gasteiger partial charge >= 0.3 is 12.1 Å². The Labute approximate surface area is 141 Å². The van der Waals surface area contributed by atoms with E-state index in [0.717, 1.165) is 11.4 Å². The number of ether oxygens (including phenoxy) is 1. The van der Waals surface area contributed by atoms with Crippen LogP contribution in [-0.2, 0) is 19.2 Å². The number of likely N-dealkylation sites (tertiary alicyclic amines) is 1. The topological polar surface area (TPSA) is 89.8 Å². The van der Waals surface area contributed by atoms with Crippen LogP contribution in [0.1, 0.15) is 53.9 Å². The summed E-state index contributed by atoms with van der Waals surface area (Å²) in [5, 5.41) is 7.70. The average molecular weight is 339 g/mol. The molecule has 0 aromatic rings. The third-order valence-electron chi connectivity index (χ3n) is 3.68. The van der Waals surface area contributed by atoms with E-state index in [2.05, 4.69) is 10.3 Å². The second kappa shape index (κ2) is 6.78. The molecule has 0 saturated carbocycles. The minimum absolute atomic E-state index is 0.335. The number of hydrogen-bond acceptors (Lipinski definition) is 7. The van der Waals surface area contributed by atoms with Crippen LogP contribution in [0.2, 0.25) is 0 Å². The molecule has 1 unspecified atom stereocenters. The molecule has 8 heteroatoms. The van der Waals surface area contributed by atoms with E-state index in [4.69, 9.17) is 14.4 Å². The van der Waals surface area contributed by atoms with Gasteiger partial charge in [-0.05, 0) is 34.6 Å². The zero-order valence-electron chi connectivity index (χ0n) is 14.9. The molecule has 0 N–H and O–H groups in total. The number of hydrogen-bond donors (Lipinski definition) is 0. The minimum Gasteiger partial charge on any atom is -0.444 e. The van der Waals surface area contributed by atoms with Crippen molar-refractivity contribution >= 4 is 23.5 Å². The first-order valence-corrected chi connectivity index (χ1v) is 8.06. The molecule has 8 nitrogen and oxygen atoms in total. The van der Waals surface area contributed by atoms with Crippen LogP contribution in [0.3, 0.4) is 0 Å². The van der Waals surface area contributed by atoms with Gasteiger partial charge in [-0.2, -0.15) is 0 Å². The van der Waals surface area contributed by atoms with Crippen LogP contribution in [0, 0.1) is 0 Å². The van der Waals surface area contributed by atoms with Gasteiger partial charge in [0.25, 0.3) is 0 Å². The summed E-state index contributed by atoms with van der Waals surface area (Å²) in [6, 6.07) is 0. The van der Waals surface area contributed by atoms with E-state index in [0.29, 0.717) is 32.4 Å². The van der Waals surface area contributed by atoms with Gasteiger partial charge in [-0.3, -0.25) is 0 Å². The molecular weight excluding hydrogens is 314 g/mol. The Morgan fingerprint density at radius 3 is 2.42 bits per heavy atom. The van der Waals surface area contributed by atoms with Crippen molar-refractivity contribution in [1.29, 1.82) is 0 Å². The third kappa shape index (κ3) is 4.69. The molecule has 1 saturated heterocycles. The first kappa shape index (κ1) is 18.2. The summed E-state index contributed by atoms with van der Waals surface area (Å²) in [5.74, 6) is -0.565. The van der Waals surface area contributed by atoms with Crippen molar-refractivity contribution in [2.45, 2.75) is 65.1 Å². The molecule has 0 bridgehead atoms. The Morgan fingerprint density at radius 1 is 1.29 bits per heavy atom. The number of piperidine rings is 1. The Bertz CT molecular complexity index is 569. The molecular formula is C16H25N3O5. The third-order valence-corrected chi connectivity index (χ3v) is 3.68. The lowest BCUT2D eigenvalue weighted by atomic mass is 10.0. The second-order valence-electron chi connectivity index (χ2n) is 7.33. The fraction of sp³-hybridized carbons (Fsp3) is 0.750. The highest BCUT2D eigenvalue weighted by Gasteiger charge is 2.43. The van der Waals surface area contributed by atoms with Gasteiger partial charge in [0.1, 0.15) is 5.60 Å². The van der Waals surface area contributed by atoms with Gasteiger partial charge in [-0.15, -0.1) is 0 Å². The monoisotopic (exact) mass is 339 g/mol. The quantitative estimate of drug-likeness (QED) is 0.569. The van der Waals surface area contributed by atoms with Crippen molar-refractivity contribution in [2.24, 2.45) is 10.3 Å². The Balaban J connectivity index is 1.81. The van der Waals surface area contributed by atoms with Gasteiger partial charge < -0.3 is 19.3 Å². The lowest BCUT2D eigenvalue weighted by molar-refractivity contribution is -0.167. The molecule has 24 heavy (non-hydrogen) atoms. The molecule has 2 aliphatic heterocycles. The first-order chi connectivity index (χ1) is 11.1. The molecule has 1 fully saturated rings. The molecule has 0 spiro atoms. The van der Waals surface area contributed by atoms with Crippen molar-refractivity contribution in [3.63, 3.8) is 0 Å². The number of carbonyl (C=O) groups excluding carboxylic acids is 2. The van der Waals surface area contributed by atoms with Crippen LogP contribution < -0.4 is 0 Å². The predicted octanol–water partition coefficient (Wildman–Crippen LogP) is 2.47. The van der Waals surface area contributed by atoms with Crippen LogP contribution >= 0.6 is 0 Å². The van der Waals surface area contributed by atoms with Gasteiger partial charge in [0.2, 0.25) is 5.60 Å². The van der Waals surface area contributed by atoms with Gasteiger partial charge in [0.15, 0.2) is 0 Å². The lowest BCUT2D eigenvalue weighted by Gasteiger charge is -2.30. The number of carbonyl (C=O) groups is 2. The standard InChI is InChI=1S/C16H25N3O5/c1-11-10-16(5,24-17-11)13(20)23-18-12-6-8-19(9-7-12)14(21)22-15(2,3)4/h6-10H2,1-5H3. The average Bonchev–Trinajstić information content (AvgIpc) is 2.84. The van der Waals surface area contributed by atoms with Crippen LogP contribution in [0.4, 0.5) is 4.79 Å². The van der Waals surface area contributed by atoms with Crippen molar-refractivity contribution in [3.05, 3.63) is 0 Å². The predicted molar refractivity (Wildman–Crippen MR) is 87.8 cm³/mol. The maximum atomic E-state index is 12.1. The Kier molecular flexibility index (Phi) is 5.15. The van der Waals surface area contributed by atoms with Gasteiger partial charge in [-0.1, -0.05) is 10.3 Å². The van der Waals surface area contributed by atoms with E-state index >= 15 is 0 Å². The molecule has 0 aliphatic carbocycles. The highest BCUT2D eigenvalue weighted by atomic mass is 16.7. The number of oxime groups is 2. The fourth-order valence-corrected chi connectivity index (χ4v) is 2.41. The lowest BCUT2D eigenvalue weighted by Crippen LogP contribution is -2.42. The molecule has 2 rings (SSSR count). The largest absolute Gasteiger partial charge is 0.444 e. The van der Waals surface area contributed by atoms with E-state index in [1.165, 1.54) is 0 Å². The van der Waals surface area contributed by atoms with E-state index in [1.54, 1.807) is 18.7 Å². The van der Waals surface area contributed by atoms with Crippen molar-refractivity contribution in [3.8, 4) is 0 Å². The second-order valence-corrected chi connectivity index (χ2v) is 7.33. The van der Waals surface area contributed by atoms with E-state index < -0.39 is 17.2 Å². The van der Waals surface area contributed by atoms with Crippen LogP contribution in [0.15, 0.2) is 10.3 Å². The number of rotatable bonds is 2. The smallest absolute Gasteiger partial charge is 0.410 e. The van der Waals surface area contributed by atoms with Crippen molar-refractivity contribution in [2.75, 3.05) is 13.1 Å². The molecule has 2 heterocycles. The summed E-state index contributed by atoms with van der Waals surface area (Å²) < 4.78 is 5.33. The number of amides is 1. The zero-order chi connectivity index (χ0) is 18.0. The summed E-state index contributed by atoms with van der Waals surface area (Å²) in [6.07, 6.45) is 1.14. The molecule has 1 atom stereocenters. The van der Waals surface area contributed by atoms with Gasteiger partial charge in [0, 0.05) is 32.4 Å². The maximum Gasteiger partial charge on any atom is 0.410 e. The van der Waals surface area contributed by atoms with Crippen molar-refractivity contribution < 1.29 is 24.0 Å². The normalized spacial score (nSPS) is 24.1. The molecule has 2 aliphatic rings. The Morgan fingerprint density at radius 2 is 1.92 bits per heavy atom. The minimum atomic E-state index is -1.11. The molecule has 1 amide bonds. The fourth-order valence-electron chi connectivity index (χ4n) is 2.41. The summed E-state index contributed by atoms with van der Waals surface area (Å²) in [7, 11) is 0. The van der Waals surface area contributed by atoms with E-state index in [9.17, 15) is 9.59 Å². The van der Waals surface area contributed by atoms with Crippen LogP contribution in [0.25, 0.3) is 0 Å². The van der Waals surface area contributed by atoms with Gasteiger partial charge in [-0.25, -0.2) is 9.59 Å². The highest BCUT2D eigenvalue weighted by Crippen LogP contribution is 2.25. The van der Waals surface area contributed by atoms with Crippen LogP contribution in [-0.4, -0.2) is 52.7 Å². The SMILES string of the molecule is CC1=NOC(C)(C(=O)ON=C2CCN(C(=O)OC(C)(C)C)CC2)C1. The summed E-state index contributed by atoms with van der Waals surface area (Å²) >= 11 is 0. The summed E-state index contributed by atoms with van der Waals surface area (Å²) in [5.41, 5.74) is -0.140. The highest BCUT2D eigenvalue weighted by molar-refractivity contribution is 5.92. The Hall–Kier alpha value is -2.12. The first-order valence-electron chi connectivity index (χ1n) is 8.06. The van der Waals surface area contributed by atoms with Crippen molar-refractivity contribution in [1.82, 2.24) is 4.90 Å². The molecule has 0 radical (unpaired) electrons. The van der Waals surface area contributed by atoms with E-state index in [-0.39, 0.29) is 6.09 Å². The molecule has 134 valence electrons. The zero-order valence-corrected chi connectivity index (χ0v) is 14.9. The number of nitrogens with zero attached hydrogens (tertiary/aromatic N) is 3. The molecule has 0 aromatic carbocycles. The van der Waals surface area contributed by atoms with E-state index in [1.807, 2.05) is 20.8 Å². The summed E-state index contributed by atoms with van der Waals surface area (Å²) in [4.78, 5) is 35.8. The molecule has 0 aromatic heterocycles. The summed E-state index contributed by atoms with van der Waals surface area (Å²) in [6.45, 7) is 9.88.